The summed E-state index contributed by atoms with van der Waals surface area (Å²) in [5, 5.41) is 12.2. The molecule has 4 rings (SSSR count). The van der Waals surface area contributed by atoms with E-state index in [0.29, 0.717) is 16.6 Å². The summed E-state index contributed by atoms with van der Waals surface area (Å²) in [5.74, 6) is 0.161. The number of ether oxygens (including phenoxy) is 1. The van der Waals surface area contributed by atoms with E-state index in [1.165, 1.54) is 40.8 Å². The van der Waals surface area contributed by atoms with Crippen LogP contribution in [0.4, 0.5) is 13.2 Å². The van der Waals surface area contributed by atoms with Crippen molar-refractivity contribution in [2.75, 3.05) is 0 Å². The Kier molecular flexibility index (Phi) is 7.83. The van der Waals surface area contributed by atoms with Crippen molar-refractivity contribution in [1.29, 1.82) is 0 Å². The van der Waals surface area contributed by atoms with Crippen LogP contribution in [0, 0.1) is 6.92 Å². The van der Waals surface area contributed by atoms with Gasteiger partial charge >= 0.3 is 6.36 Å². The minimum absolute atomic E-state index is 0.0362. The Bertz CT molecular complexity index is 1380. The van der Waals surface area contributed by atoms with E-state index in [9.17, 15) is 13.2 Å². The monoisotopic (exact) mass is 524 g/mol. The number of rotatable bonds is 7. The molecule has 0 fully saturated rings. The number of thiocarbonyl (C=S) groups is 1. The molecule has 0 amide bonds. The SMILES string of the molecule is Cc1ccccc1C(C)NC(=S)N/N=C/c1ccc(-c2ncn(-c3ccc(OC(F)(F)F)cc3)n2)cc1. The number of halogens is 3. The molecule has 0 saturated heterocycles. The fraction of sp³-hybridized carbons (Fsp3) is 0.154. The van der Waals surface area contributed by atoms with Crippen LogP contribution < -0.4 is 15.5 Å². The van der Waals surface area contributed by atoms with Crippen molar-refractivity contribution in [3.05, 3.63) is 95.8 Å². The zero-order valence-electron chi connectivity index (χ0n) is 19.9. The Morgan fingerprint density at radius 1 is 1.05 bits per heavy atom. The van der Waals surface area contributed by atoms with E-state index in [0.717, 1.165) is 16.7 Å². The average Bonchev–Trinajstić information content (AvgIpc) is 3.34. The van der Waals surface area contributed by atoms with Crippen LogP contribution in [0.25, 0.3) is 17.1 Å². The zero-order valence-corrected chi connectivity index (χ0v) is 20.7. The molecule has 7 nitrogen and oxygen atoms in total. The highest BCUT2D eigenvalue weighted by atomic mass is 32.1. The molecule has 1 atom stereocenters. The standard InChI is InChI=1S/C26H23F3N6OS/c1-17-5-3-4-6-23(17)18(2)32-25(37)33-31-15-19-7-9-20(10-8-19)24-30-16-35(34-24)21-11-13-22(14-12-21)36-26(27,28)29/h3-16,18H,1-2H3,(H2,32,33,37)/b31-15+. The summed E-state index contributed by atoms with van der Waals surface area (Å²) in [7, 11) is 0. The predicted molar refractivity (Wildman–Crippen MR) is 140 cm³/mol. The molecule has 1 heterocycles. The topological polar surface area (TPSA) is 76.4 Å². The molecule has 0 bridgehead atoms. The molecule has 0 aliphatic heterocycles. The van der Waals surface area contributed by atoms with E-state index >= 15 is 0 Å². The minimum atomic E-state index is -4.74. The van der Waals surface area contributed by atoms with Crippen LogP contribution >= 0.6 is 12.2 Å². The molecule has 0 aliphatic carbocycles. The zero-order chi connectivity index (χ0) is 26.4. The highest BCUT2D eigenvalue weighted by molar-refractivity contribution is 7.80. The fourth-order valence-electron chi connectivity index (χ4n) is 3.58. The minimum Gasteiger partial charge on any atom is -0.406 e. The molecule has 0 radical (unpaired) electrons. The van der Waals surface area contributed by atoms with Gasteiger partial charge in [-0.1, -0.05) is 48.5 Å². The lowest BCUT2D eigenvalue weighted by Crippen LogP contribution is -2.34. The van der Waals surface area contributed by atoms with Gasteiger partial charge in [-0.15, -0.1) is 18.3 Å². The molecule has 0 saturated carbocycles. The van der Waals surface area contributed by atoms with Gasteiger partial charge in [0.05, 0.1) is 17.9 Å². The van der Waals surface area contributed by atoms with Gasteiger partial charge in [0.1, 0.15) is 12.1 Å². The van der Waals surface area contributed by atoms with Crippen molar-refractivity contribution in [3.8, 4) is 22.8 Å². The summed E-state index contributed by atoms with van der Waals surface area (Å²) in [5.41, 5.74) is 7.32. The summed E-state index contributed by atoms with van der Waals surface area (Å²) < 4.78 is 42.4. The first-order valence-corrected chi connectivity index (χ1v) is 11.6. The predicted octanol–water partition coefficient (Wildman–Crippen LogP) is 5.70. The molecule has 2 N–H and O–H groups in total. The van der Waals surface area contributed by atoms with E-state index in [1.807, 2.05) is 43.3 Å². The van der Waals surface area contributed by atoms with Gasteiger partial charge in [0.15, 0.2) is 10.9 Å². The first kappa shape index (κ1) is 25.8. The quantitative estimate of drug-likeness (QED) is 0.184. The van der Waals surface area contributed by atoms with Crippen molar-refractivity contribution in [3.63, 3.8) is 0 Å². The number of aryl methyl sites for hydroxylation is 1. The molecular formula is C26H23F3N6OS. The van der Waals surface area contributed by atoms with Gasteiger partial charge in [0, 0.05) is 5.56 Å². The Morgan fingerprint density at radius 2 is 1.76 bits per heavy atom. The number of hydrogen-bond donors (Lipinski definition) is 2. The van der Waals surface area contributed by atoms with E-state index in [4.69, 9.17) is 12.2 Å². The van der Waals surface area contributed by atoms with Gasteiger partial charge in [-0.2, -0.15) is 5.10 Å². The van der Waals surface area contributed by atoms with Crippen LogP contribution in [0.2, 0.25) is 0 Å². The number of nitrogens with zero attached hydrogens (tertiary/aromatic N) is 4. The summed E-state index contributed by atoms with van der Waals surface area (Å²) in [4.78, 5) is 4.29. The molecule has 190 valence electrons. The second kappa shape index (κ2) is 11.2. The summed E-state index contributed by atoms with van der Waals surface area (Å²) >= 11 is 5.33. The summed E-state index contributed by atoms with van der Waals surface area (Å²) in [6, 6.07) is 20.9. The van der Waals surface area contributed by atoms with Gasteiger partial charge in [-0.3, -0.25) is 5.43 Å². The number of alkyl halides is 3. The van der Waals surface area contributed by atoms with Crippen LogP contribution in [-0.4, -0.2) is 32.5 Å². The number of aromatic nitrogens is 3. The fourth-order valence-corrected chi connectivity index (χ4v) is 3.81. The van der Waals surface area contributed by atoms with Gasteiger partial charge in [-0.25, -0.2) is 9.67 Å². The Balaban J connectivity index is 1.33. The smallest absolute Gasteiger partial charge is 0.406 e. The molecule has 37 heavy (non-hydrogen) atoms. The highest BCUT2D eigenvalue weighted by Crippen LogP contribution is 2.24. The van der Waals surface area contributed by atoms with Crippen LogP contribution in [0.15, 0.2) is 84.2 Å². The van der Waals surface area contributed by atoms with Gasteiger partial charge in [-0.05, 0) is 67.0 Å². The lowest BCUT2D eigenvalue weighted by Gasteiger charge is -2.17. The molecule has 4 aromatic rings. The number of hydrogen-bond acceptors (Lipinski definition) is 5. The van der Waals surface area contributed by atoms with E-state index in [1.54, 1.807) is 6.21 Å². The summed E-state index contributed by atoms with van der Waals surface area (Å²) in [6.45, 7) is 4.09. The van der Waals surface area contributed by atoms with Crippen molar-refractivity contribution in [1.82, 2.24) is 25.5 Å². The van der Waals surface area contributed by atoms with Gasteiger partial charge < -0.3 is 10.1 Å². The second-order valence-electron chi connectivity index (χ2n) is 8.10. The third kappa shape index (κ3) is 7.14. The van der Waals surface area contributed by atoms with Gasteiger partial charge in [0.25, 0.3) is 0 Å². The number of benzene rings is 3. The lowest BCUT2D eigenvalue weighted by atomic mass is 10.0. The first-order valence-electron chi connectivity index (χ1n) is 11.2. The van der Waals surface area contributed by atoms with E-state index < -0.39 is 6.36 Å². The second-order valence-corrected chi connectivity index (χ2v) is 8.51. The number of nitrogens with one attached hydrogen (secondary N) is 2. The van der Waals surface area contributed by atoms with Gasteiger partial charge in [0.2, 0.25) is 0 Å². The Hall–Kier alpha value is -4.25. The Labute approximate surface area is 217 Å². The molecule has 0 spiro atoms. The largest absolute Gasteiger partial charge is 0.573 e. The van der Waals surface area contributed by atoms with E-state index in [2.05, 4.69) is 49.7 Å². The molecule has 3 aromatic carbocycles. The van der Waals surface area contributed by atoms with Crippen molar-refractivity contribution in [2.45, 2.75) is 26.3 Å². The number of hydrazone groups is 1. The van der Waals surface area contributed by atoms with Crippen LogP contribution in [0.5, 0.6) is 5.75 Å². The Morgan fingerprint density at radius 3 is 2.43 bits per heavy atom. The molecule has 0 aliphatic rings. The lowest BCUT2D eigenvalue weighted by molar-refractivity contribution is -0.274. The van der Waals surface area contributed by atoms with Crippen LogP contribution in [0.1, 0.15) is 29.7 Å². The molecular weight excluding hydrogens is 501 g/mol. The highest BCUT2D eigenvalue weighted by Gasteiger charge is 2.31. The first-order chi connectivity index (χ1) is 17.7. The molecule has 1 aromatic heterocycles. The normalized spacial score (nSPS) is 12.4. The van der Waals surface area contributed by atoms with Crippen molar-refractivity contribution < 1.29 is 17.9 Å². The van der Waals surface area contributed by atoms with Crippen LogP contribution in [0.3, 0.4) is 0 Å². The van der Waals surface area contributed by atoms with E-state index in [-0.39, 0.29) is 11.8 Å². The molecule has 1 unspecified atom stereocenters. The summed E-state index contributed by atoms with van der Waals surface area (Å²) in [6.07, 6.45) is -1.61. The van der Waals surface area contributed by atoms with Crippen molar-refractivity contribution >= 4 is 23.5 Å². The average molecular weight is 525 g/mol. The molecule has 11 heteroatoms. The third-order valence-corrected chi connectivity index (χ3v) is 5.59. The maximum atomic E-state index is 12.3. The van der Waals surface area contributed by atoms with Crippen LogP contribution in [-0.2, 0) is 0 Å². The maximum absolute atomic E-state index is 12.3. The maximum Gasteiger partial charge on any atom is 0.573 e. The third-order valence-electron chi connectivity index (χ3n) is 5.38. The van der Waals surface area contributed by atoms with Crippen molar-refractivity contribution in [2.24, 2.45) is 5.10 Å².